The number of nitrogens with one attached hydrogen (secondary N) is 1. The van der Waals surface area contributed by atoms with Crippen molar-refractivity contribution in [3.05, 3.63) is 0 Å². The number of carbonyl (C=O) groups excluding carboxylic acids is 1. The van der Waals surface area contributed by atoms with Gasteiger partial charge in [0.1, 0.15) is 4.33 Å². The van der Waals surface area contributed by atoms with Gasteiger partial charge in [0.2, 0.25) is 0 Å². The third-order valence-corrected chi connectivity index (χ3v) is 2.63. The Balaban J connectivity index is 2.18. The Bertz CT molecular complexity index is 252. The molecule has 0 aromatic rings. The fourth-order valence-electron chi connectivity index (χ4n) is 0.865. The van der Waals surface area contributed by atoms with E-state index in [9.17, 15) is 4.79 Å². The summed E-state index contributed by atoms with van der Waals surface area (Å²) in [5.41, 5.74) is 0. The highest BCUT2D eigenvalue weighted by molar-refractivity contribution is 6.50. The number of hydrogen-bond acceptors (Lipinski definition) is 1. The van der Waals surface area contributed by atoms with E-state index < -0.39 is 4.33 Å². The first kappa shape index (κ1) is 9.70. The van der Waals surface area contributed by atoms with Crippen LogP contribution >= 0.6 is 23.2 Å². The molecule has 0 radical (unpaired) electrons. The molecule has 0 aromatic heterocycles. The first-order valence-corrected chi connectivity index (χ1v) is 4.40. The highest BCUT2D eigenvalue weighted by Gasteiger charge is 2.51. The van der Waals surface area contributed by atoms with Crippen LogP contribution in [0.4, 0.5) is 0 Å². The first-order valence-electron chi connectivity index (χ1n) is 3.64. The lowest BCUT2D eigenvalue weighted by atomic mass is 10.4. The van der Waals surface area contributed by atoms with Gasteiger partial charge in [-0.3, -0.25) is 4.79 Å². The van der Waals surface area contributed by atoms with E-state index in [0.29, 0.717) is 6.54 Å². The summed E-state index contributed by atoms with van der Waals surface area (Å²) < 4.78 is -0.618. The lowest BCUT2D eigenvalue weighted by Crippen LogP contribution is -2.25. The van der Waals surface area contributed by atoms with Gasteiger partial charge >= 0.3 is 0 Å². The van der Waals surface area contributed by atoms with Crippen LogP contribution in [0.25, 0.3) is 0 Å². The number of alkyl halides is 2. The van der Waals surface area contributed by atoms with Crippen LogP contribution in [-0.2, 0) is 4.79 Å². The molecule has 1 fully saturated rings. The predicted octanol–water partition coefficient (Wildman–Crippen LogP) is 1.32. The fourth-order valence-corrected chi connectivity index (χ4v) is 1.39. The van der Waals surface area contributed by atoms with Gasteiger partial charge in [0.15, 0.2) is 0 Å². The van der Waals surface area contributed by atoms with Crippen molar-refractivity contribution in [1.82, 2.24) is 5.32 Å². The smallest absolute Gasteiger partial charge is 0.295 e. The van der Waals surface area contributed by atoms with Crippen LogP contribution in [0.2, 0.25) is 0 Å². The molecular formula is C8H9Cl2NO. The SMILES string of the molecule is CC#CC(=O)NCC1CC1(Cl)Cl. The van der Waals surface area contributed by atoms with E-state index in [1.807, 2.05) is 0 Å². The molecule has 1 amide bonds. The molecule has 4 heteroatoms. The highest BCUT2D eigenvalue weighted by Crippen LogP contribution is 2.52. The first-order chi connectivity index (χ1) is 5.56. The van der Waals surface area contributed by atoms with Crippen LogP contribution in [0.5, 0.6) is 0 Å². The molecule has 1 atom stereocenters. The number of rotatable bonds is 2. The second-order valence-corrected chi connectivity index (χ2v) is 4.29. The summed E-state index contributed by atoms with van der Waals surface area (Å²) >= 11 is 11.5. The van der Waals surface area contributed by atoms with Crippen LogP contribution < -0.4 is 5.32 Å². The molecule has 1 N–H and O–H groups in total. The molecule has 1 aliphatic carbocycles. The topological polar surface area (TPSA) is 29.1 Å². The van der Waals surface area contributed by atoms with E-state index in [2.05, 4.69) is 17.2 Å². The highest BCUT2D eigenvalue weighted by atomic mass is 35.5. The number of halogens is 2. The van der Waals surface area contributed by atoms with Gasteiger partial charge in [0, 0.05) is 12.5 Å². The maximum Gasteiger partial charge on any atom is 0.295 e. The maximum atomic E-state index is 10.8. The molecule has 1 aliphatic rings. The Morgan fingerprint density at radius 3 is 2.75 bits per heavy atom. The van der Waals surface area contributed by atoms with Crippen LogP contribution in [0, 0.1) is 17.8 Å². The number of hydrogen-bond donors (Lipinski definition) is 1. The Hall–Kier alpha value is -0.390. The maximum absolute atomic E-state index is 10.8. The zero-order valence-corrected chi connectivity index (χ0v) is 8.17. The summed E-state index contributed by atoms with van der Waals surface area (Å²) in [5, 5.41) is 2.62. The van der Waals surface area contributed by atoms with Crippen molar-refractivity contribution in [2.75, 3.05) is 6.54 Å². The Morgan fingerprint density at radius 2 is 2.33 bits per heavy atom. The monoisotopic (exact) mass is 205 g/mol. The van der Waals surface area contributed by atoms with Gasteiger partial charge in [0.05, 0.1) is 0 Å². The molecule has 0 aromatic carbocycles. The van der Waals surface area contributed by atoms with Crippen molar-refractivity contribution in [3.8, 4) is 11.8 Å². The van der Waals surface area contributed by atoms with Crippen molar-refractivity contribution < 1.29 is 4.79 Å². The van der Waals surface area contributed by atoms with Gasteiger partial charge in [-0.15, -0.1) is 23.2 Å². The van der Waals surface area contributed by atoms with Crippen molar-refractivity contribution in [1.29, 1.82) is 0 Å². The van der Waals surface area contributed by atoms with Gasteiger partial charge in [0.25, 0.3) is 5.91 Å². The quantitative estimate of drug-likeness (QED) is 0.535. The van der Waals surface area contributed by atoms with Gasteiger partial charge in [-0.05, 0) is 19.3 Å². The van der Waals surface area contributed by atoms with Crippen molar-refractivity contribution in [2.45, 2.75) is 17.7 Å². The summed E-state index contributed by atoms with van der Waals surface area (Å²) in [4.78, 5) is 10.8. The molecule has 0 saturated heterocycles. The molecule has 1 saturated carbocycles. The van der Waals surface area contributed by atoms with Crippen LogP contribution in [0.3, 0.4) is 0 Å². The third-order valence-electron chi connectivity index (χ3n) is 1.70. The average molecular weight is 206 g/mol. The van der Waals surface area contributed by atoms with Crippen molar-refractivity contribution in [2.24, 2.45) is 5.92 Å². The molecular weight excluding hydrogens is 197 g/mol. The molecule has 0 aliphatic heterocycles. The van der Waals surface area contributed by atoms with Crippen molar-refractivity contribution >= 4 is 29.1 Å². The normalized spacial score (nSPS) is 23.8. The molecule has 1 unspecified atom stereocenters. The Kier molecular flexibility index (Phi) is 2.87. The molecule has 66 valence electrons. The molecule has 2 nitrogen and oxygen atoms in total. The van der Waals surface area contributed by atoms with E-state index in [1.165, 1.54) is 0 Å². The summed E-state index contributed by atoms with van der Waals surface area (Å²) in [6.45, 7) is 2.13. The Morgan fingerprint density at radius 1 is 1.75 bits per heavy atom. The lowest BCUT2D eigenvalue weighted by Gasteiger charge is -1.99. The predicted molar refractivity (Wildman–Crippen MR) is 49.0 cm³/mol. The minimum Gasteiger partial charge on any atom is -0.345 e. The second-order valence-electron chi connectivity index (χ2n) is 2.75. The largest absolute Gasteiger partial charge is 0.345 e. The third kappa shape index (κ3) is 2.58. The second kappa shape index (κ2) is 3.55. The molecule has 0 bridgehead atoms. The summed E-state index contributed by atoms with van der Waals surface area (Å²) in [6, 6.07) is 0. The summed E-state index contributed by atoms with van der Waals surface area (Å²) in [6.07, 6.45) is 0.746. The Labute approximate surface area is 81.6 Å². The van der Waals surface area contributed by atoms with Crippen molar-refractivity contribution in [3.63, 3.8) is 0 Å². The lowest BCUT2D eigenvalue weighted by molar-refractivity contribution is -0.115. The van der Waals surface area contributed by atoms with E-state index in [4.69, 9.17) is 23.2 Å². The van der Waals surface area contributed by atoms with Gasteiger partial charge in [-0.1, -0.05) is 5.92 Å². The van der Waals surface area contributed by atoms with Gasteiger partial charge in [-0.25, -0.2) is 0 Å². The molecule has 12 heavy (non-hydrogen) atoms. The fraction of sp³-hybridized carbons (Fsp3) is 0.625. The van der Waals surface area contributed by atoms with E-state index >= 15 is 0 Å². The minimum absolute atomic E-state index is 0.184. The summed E-state index contributed by atoms with van der Waals surface area (Å²) in [7, 11) is 0. The van der Waals surface area contributed by atoms with Crippen LogP contribution in [0.1, 0.15) is 13.3 Å². The molecule has 1 rings (SSSR count). The van der Waals surface area contributed by atoms with E-state index in [1.54, 1.807) is 6.92 Å². The van der Waals surface area contributed by atoms with Gasteiger partial charge < -0.3 is 5.32 Å². The van der Waals surface area contributed by atoms with E-state index in [-0.39, 0.29) is 11.8 Å². The zero-order valence-electron chi connectivity index (χ0n) is 6.66. The molecule has 0 spiro atoms. The standard InChI is InChI=1S/C8H9Cl2NO/c1-2-3-7(12)11-5-6-4-8(6,9)10/h6H,4-5H2,1H3,(H,11,12). The number of carbonyl (C=O) groups is 1. The van der Waals surface area contributed by atoms with E-state index in [0.717, 1.165) is 6.42 Å². The summed E-state index contributed by atoms with van der Waals surface area (Å²) in [5.74, 6) is 4.79. The number of amides is 1. The minimum atomic E-state index is -0.618. The molecule has 0 heterocycles. The van der Waals surface area contributed by atoms with Crippen LogP contribution in [-0.4, -0.2) is 16.8 Å². The van der Waals surface area contributed by atoms with Crippen LogP contribution in [0.15, 0.2) is 0 Å². The zero-order chi connectivity index (χ0) is 9.19. The average Bonchev–Trinajstić information content (AvgIpc) is 2.56. The van der Waals surface area contributed by atoms with Gasteiger partial charge in [-0.2, -0.15) is 0 Å².